The van der Waals surface area contributed by atoms with Gasteiger partial charge in [-0.3, -0.25) is 0 Å². The molecule has 0 unspecified atom stereocenters. The number of nitrogens with zero attached hydrogens (tertiary/aromatic N) is 3. The molecule has 0 saturated carbocycles. The van der Waals surface area contributed by atoms with E-state index in [0.29, 0.717) is 22.6 Å². The molecule has 3 rings (SSSR count). The lowest BCUT2D eigenvalue weighted by Gasteiger charge is -2.37. The van der Waals surface area contributed by atoms with Crippen LogP contribution in [0.4, 0.5) is 10.2 Å². The summed E-state index contributed by atoms with van der Waals surface area (Å²) in [6.07, 6.45) is 2.09. The molecule has 4 nitrogen and oxygen atoms in total. The Balaban J connectivity index is 1.73. The summed E-state index contributed by atoms with van der Waals surface area (Å²) in [5.41, 5.74) is 0.683. The Bertz CT molecular complexity index is 689. The zero-order valence-corrected chi connectivity index (χ0v) is 14.8. The average Bonchev–Trinajstić information content (AvgIpc) is 2.56. The summed E-state index contributed by atoms with van der Waals surface area (Å²) in [6, 6.07) is 7.74. The number of piperidine rings is 1. The Morgan fingerprint density at radius 3 is 2.78 bits per heavy atom. The summed E-state index contributed by atoms with van der Waals surface area (Å²) < 4.78 is 14.2. The van der Waals surface area contributed by atoms with Crippen molar-refractivity contribution in [1.82, 2.24) is 9.88 Å². The van der Waals surface area contributed by atoms with Crippen LogP contribution in [0.5, 0.6) is 0 Å². The van der Waals surface area contributed by atoms with E-state index >= 15 is 0 Å². The van der Waals surface area contributed by atoms with Crippen molar-refractivity contribution in [3.63, 3.8) is 0 Å². The smallest absolute Gasteiger partial charge is 0.139 e. The van der Waals surface area contributed by atoms with Gasteiger partial charge in [-0.15, -0.1) is 0 Å². The number of halogens is 2. The number of aromatic nitrogens is 1. The van der Waals surface area contributed by atoms with Gasteiger partial charge in [0.1, 0.15) is 11.6 Å². The molecule has 1 saturated heterocycles. The molecule has 0 aliphatic carbocycles. The van der Waals surface area contributed by atoms with E-state index in [9.17, 15) is 4.39 Å². The van der Waals surface area contributed by atoms with Crippen LogP contribution >= 0.6 is 15.9 Å². The van der Waals surface area contributed by atoms with Gasteiger partial charge in [0.15, 0.2) is 0 Å². The first-order valence-electron chi connectivity index (χ1n) is 7.90. The molecule has 1 aromatic heterocycles. The molecule has 124 valence electrons. The number of aliphatic hydroxyl groups is 1. The first-order chi connectivity index (χ1) is 11.1. The minimum atomic E-state index is -0.286. The van der Waals surface area contributed by atoms with Gasteiger partial charge < -0.3 is 14.9 Å². The zero-order chi connectivity index (χ0) is 16.4. The summed E-state index contributed by atoms with van der Waals surface area (Å²) in [5, 5.41) is 9.97. The highest BCUT2D eigenvalue weighted by Crippen LogP contribution is 2.26. The van der Waals surface area contributed by atoms with Crippen molar-refractivity contribution in [1.29, 1.82) is 0 Å². The van der Waals surface area contributed by atoms with Crippen molar-refractivity contribution in [3.05, 3.63) is 34.6 Å². The number of benzene rings is 1. The van der Waals surface area contributed by atoms with E-state index in [2.05, 4.69) is 37.8 Å². The molecule has 0 radical (unpaired) electrons. The van der Waals surface area contributed by atoms with Crippen LogP contribution in [0.1, 0.15) is 12.8 Å². The second-order valence-electron chi connectivity index (χ2n) is 6.05. The highest BCUT2D eigenvalue weighted by atomic mass is 79.9. The first kappa shape index (κ1) is 16.6. The van der Waals surface area contributed by atoms with Gasteiger partial charge >= 0.3 is 0 Å². The molecular formula is C17H21BrFN3O. The van der Waals surface area contributed by atoms with Crippen molar-refractivity contribution < 1.29 is 9.50 Å². The standard InChI is InChI=1S/C17H21BrFN3O/c1-21(8-9-23)13-4-6-22(7-5-13)17-3-2-12-10-14(18)15(19)11-16(12)20-17/h2-3,10-11,13,23H,4-9H2,1H3. The molecule has 23 heavy (non-hydrogen) atoms. The number of anilines is 1. The Labute approximate surface area is 144 Å². The van der Waals surface area contributed by atoms with Crippen molar-refractivity contribution in [3.8, 4) is 0 Å². The molecule has 0 bridgehead atoms. The summed E-state index contributed by atoms with van der Waals surface area (Å²) in [7, 11) is 2.06. The van der Waals surface area contributed by atoms with Gasteiger partial charge in [0.2, 0.25) is 0 Å². The monoisotopic (exact) mass is 381 g/mol. The van der Waals surface area contributed by atoms with E-state index in [1.165, 1.54) is 6.07 Å². The van der Waals surface area contributed by atoms with E-state index in [1.54, 1.807) is 6.07 Å². The Morgan fingerprint density at radius 2 is 2.09 bits per heavy atom. The molecule has 0 spiro atoms. The molecule has 1 N–H and O–H groups in total. The van der Waals surface area contributed by atoms with E-state index in [4.69, 9.17) is 5.11 Å². The van der Waals surface area contributed by atoms with Gasteiger partial charge in [0.25, 0.3) is 0 Å². The van der Waals surface area contributed by atoms with Gasteiger partial charge in [-0.25, -0.2) is 9.37 Å². The highest BCUT2D eigenvalue weighted by Gasteiger charge is 2.23. The van der Waals surface area contributed by atoms with Gasteiger partial charge in [-0.05, 0) is 54.0 Å². The maximum absolute atomic E-state index is 13.7. The molecule has 6 heteroatoms. The predicted molar refractivity (Wildman–Crippen MR) is 94.4 cm³/mol. The van der Waals surface area contributed by atoms with Gasteiger partial charge in [-0.2, -0.15) is 0 Å². The topological polar surface area (TPSA) is 39.6 Å². The summed E-state index contributed by atoms with van der Waals surface area (Å²) in [4.78, 5) is 9.09. The minimum absolute atomic E-state index is 0.198. The molecule has 1 aliphatic heterocycles. The van der Waals surface area contributed by atoms with E-state index in [1.807, 2.05) is 12.1 Å². The maximum atomic E-state index is 13.7. The number of rotatable bonds is 4. The maximum Gasteiger partial charge on any atom is 0.139 e. The predicted octanol–water partition coefficient (Wildman–Crippen LogP) is 3.03. The molecular weight excluding hydrogens is 361 g/mol. The largest absolute Gasteiger partial charge is 0.395 e. The van der Waals surface area contributed by atoms with E-state index in [-0.39, 0.29) is 12.4 Å². The van der Waals surface area contributed by atoms with Crippen LogP contribution in [-0.2, 0) is 0 Å². The first-order valence-corrected chi connectivity index (χ1v) is 8.69. The molecule has 0 atom stereocenters. The molecule has 2 aromatic rings. The Kier molecular flexibility index (Phi) is 5.14. The fraction of sp³-hybridized carbons (Fsp3) is 0.471. The lowest BCUT2D eigenvalue weighted by molar-refractivity contribution is 0.161. The number of likely N-dealkylation sites (N-methyl/N-ethyl adjacent to an activating group) is 1. The van der Waals surface area contributed by atoms with Crippen molar-refractivity contribution in [2.45, 2.75) is 18.9 Å². The number of pyridine rings is 1. The molecule has 0 amide bonds. The average molecular weight is 382 g/mol. The van der Waals surface area contributed by atoms with Gasteiger partial charge in [-0.1, -0.05) is 0 Å². The van der Waals surface area contributed by atoms with Crippen LogP contribution in [0.15, 0.2) is 28.7 Å². The third kappa shape index (κ3) is 3.65. The highest BCUT2D eigenvalue weighted by molar-refractivity contribution is 9.10. The summed E-state index contributed by atoms with van der Waals surface area (Å²) in [5.74, 6) is 0.619. The third-order valence-electron chi connectivity index (χ3n) is 4.58. The molecule has 1 fully saturated rings. The quantitative estimate of drug-likeness (QED) is 0.883. The van der Waals surface area contributed by atoms with Crippen LogP contribution in [0.25, 0.3) is 10.9 Å². The summed E-state index contributed by atoms with van der Waals surface area (Å²) in [6.45, 7) is 2.77. The van der Waals surface area contributed by atoms with Crippen LogP contribution in [0, 0.1) is 5.82 Å². The Hall–Kier alpha value is -1.24. The number of aliphatic hydroxyl groups excluding tert-OH is 1. The van der Waals surface area contributed by atoms with Crippen LogP contribution in [0.2, 0.25) is 0 Å². The normalized spacial score (nSPS) is 16.5. The number of hydrogen-bond acceptors (Lipinski definition) is 4. The van der Waals surface area contributed by atoms with Gasteiger partial charge in [0.05, 0.1) is 16.6 Å². The van der Waals surface area contributed by atoms with Gasteiger partial charge in [0, 0.05) is 37.1 Å². The van der Waals surface area contributed by atoms with E-state index < -0.39 is 0 Å². The van der Waals surface area contributed by atoms with Crippen LogP contribution in [-0.4, -0.2) is 54.3 Å². The molecule has 1 aliphatic rings. The van der Waals surface area contributed by atoms with Crippen LogP contribution < -0.4 is 4.90 Å². The van der Waals surface area contributed by atoms with Crippen LogP contribution in [0.3, 0.4) is 0 Å². The Morgan fingerprint density at radius 1 is 1.35 bits per heavy atom. The van der Waals surface area contributed by atoms with E-state index in [0.717, 1.165) is 37.1 Å². The number of hydrogen-bond donors (Lipinski definition) is 1. The molecule has 1 aromatic carbocycles. The van der Waals surface area contributed by atoms with Crippen molar-refractivity contribution in [2.75, 3.05) is 38.2 Å². The zero-order valence-electron chi connectivity index (χ0n) is 13.2. The lowest BCUT2D eigenvalue weighted by atomic mass is 10.0. The second kappa shape index (κ2) is 7.11. The third-order valence-corrected chi connectivity index (χ3v) is 5.19. The molecule has 2 heterocycles. The second-order valence-corrected chi connectivity index (χ2v) is 6.91. The van der Waals surface area contributed by atoms with Crippen molar-refractivity contribution in [2.24, 2.45) is 0 Å². The lowest BCUT2D eigenvalue weighted by Crippen LogP contribution is -2.44. The minimum Gasteiger partial charge on any atom is -0.395 e. The number of fused-ring (bicyclic) bond motifs is 1. The fourth-order valence-corrected chi connectivity index (χ4v) is 3.52. The fourth-order valence-electron chi connectivity index (χ4n) is 3.16. The summed E-state index contributed by atoms with van der Waals surface area (Å²) >= 11 is 3.21. The van der Waals surface area contributed by atoms with Crippen molar-refractivity contribution >= 4 is 32.7 Å². The SMILES string of the molecule is CN(CCO)C1CCN(c2ccc3cc(Br)c(F)cc3n2)CC1.